The van der Waals surface area contributed by atoms with Crippen LogP contribution in [-0.4, -0.2) is 32.9 Å². The van der Waals surface area contributed by atoms with Crippen molar-refractivity contribution >= 4 is 5.91 Å². The number of aromatic nitrogens is 4. The number of hydrogen-bond donors (Lipinski definition) is 1. The van der Waals surface area contributed by atoms with Gasteiger partial charge in [0.05, 0.1) is 7.11 Å². The van der Waals surface area contributed by atoms with Crippen molar-refractivity contribution in [3.63, 3.8) is 0 Å². The van der Waals surface area contributed by atoms with Crippen molar-refractivity contribution in [3.8, 4) is 5.75 Å². The molecular formula is C17H19N5O3. The van der Waals surface area contributed by atoms with Crippen LogP contribution in [0, 0.1) is 6.92 Å². The zero-order valence-corrected chi connectivity index (χ0v) is 14.2. The van der Waals surface area contributed by atoms with Gasteiger partial charge in [-0.2, -0.15) is 10.1 Å². The van der Waals surface area contributed by atoms with Crippen LogP contribution in [0.2, 0.25) is 0 Å². The molecule has 2 aromatic heterocycles. The third-order valence-corrected chi connectivity index (χ3v) is 3.84. The van der Waals surface area contributed by atoms with Gasteiger partial charge in [-0.3, -0.25) is 9.48 Å². The number of aryl methyl sites for hydroxylation is 1. The van der Waals surface area contributed by atoms with Crippen LogP contribution >= 0.6 is 0 Å². The van der Waals surface area contributed by atoms with Gasteiger partial charge in [-0.25, -0.2) is 0 Å². The maximum Gasteiger partial charge on any atom is 0.245 e. The monoisotopic (exact) mass is 341 g/mol. The highest BCUT2D eigenvalue weighted by atomic mass is 16.5. The van der Waals surface area contributed by atoms with Gasteiger partial charge in [-0.15, -0.1) is 0 Å². The van der Waals surface area contributed by atoms with Crippen molar-refractivity contribution in [1.29, 1.82) is 0 Å². The lowest BCUT2D eigenvalue weighted by molar-refractivity contribution is -0.124. The van der Waals surface area contributed by atoms with Gasteiger partial charge in [0.15, 0.2) is 5.82 Å². The van der Waals surface area contributed by atoms with E-state index in [1.807, 2.05) is 24.3 Å². The molecule has 0 radical (unpaired) electrons. The van der Waals surface area contributed by atoms with Crippen LogP contribution in [0.25, 0.3) is 0 Å². The first-order chi connectivity index (χ1) is 12.1. The summed E-state index contributed by atoms with van der Waals surface area (Å²) in [6.45, 7) is 3.47. The van der Waals surface area contributed by atoms with Gasteiger partial charge in [-0.1, -0.05) is 23.4 Å². The predicted molar refractivity (Wildman–Crippen MR) is 89.0 cm³/mol. The molecule has 1 N–H and O–H groups in total. The lowest BCUT2D eigenvalue weighted by atomic mass is 10.0. The number of nitrogens with one attached hydrogen (secondary N) is 1. The van der Waals surface area contributed by atoms with E-state index >= 15 is 0 Å². The second kappa shape index (κ2) is 7.16. The maximum absolute atomic E-state index is 12.7. The Kier molecular flexibility index (Phi) is 4.78. The molecule has 0 saturated heterocycles. The average molecular weight is 341 g/mol. The van der Waals surface area contributed by atoms with E-state index in [1.54, 1.807) is 44.1 Å². The largest absolute Gasteiger partial charge is 0.496 e. The average Bonchev–Trinajstić information content (AvgIpc) is 3.30. The van der Waals surface area contributed by atoms with Crippen molar-refractivity contribution in [3.05, 3.63) is 60.0 Å². The first-order valence-electron chi connectivity index (χ1n) is 7.82. The molecular weight excluding hydrogens is 322 g/mol. The minimum absolute atomic E-state index is 0.220. The topological polar surface area (TPSA) is 95.1 Å². The first-order valence-corrected chi connectivity index (χ1v) is 7.82. The summed E-state index contributed by atoms with van der Waals surface area (Å²) in [4.78, 5) is 17.0. The molecule has 3 rings (SSSR count). The Balaban J connectivity index is 1.93. The summed E-state index contributed by atoms with van der Waals surface area (Å²) >= 11 is 0. The Hall–Kier alpha value is -3.16. The Bertz CT molecular complexity index is 844. The third kappa shape index (κ3) is 3.52. The summed E-state index contributed by atoms with van der Waals surface area (Å²) in [6, 6.07) is 8.08. The van der Waals surface area contributed by atoms with Gasteiger partial charge in [0.2, 0.25) is 11.8 Å². The number of ether oxygens (including phenoxy) is 1. The molecule has 1 aromatic carbocycles. The third-order valence-electron chi connectivity index (χ3n) is 3.84. The highest BCUT2D eigenvalue weighted by molar-refractivity contribution is 5.80. The van der Waals surface area contributed by atoms with Crippen molar-refractivity contribution in [2.45, 2.75) is 25.9 Å². The molecule has 8 heteroatoms. The second-order valence-electron chi connectivity index (χ2n) is 5.52. The van der Waals surface area contributed by atoms with Gasteiger partial charge < -0.3 is 14.6 Å². The fourth-order valence-corrected chi connectivity index (χ4v) is 2.51. The highest BCUT2D eigenvalue weighted by Gasteiger charge is 2.27. The number of amides is 1. The Morgan fingerprint density at radius 1 is 1.32 bits per heavy atom. The zero-order valence-electron chi connectivity index (χ0n) is 14.2. The number of benzene rings is 1. The van der Waals surface area contributed by atoms with Crippen molar-refractivity contribution in [2.24, 2.45) is 0 Å². The number of carbonyl (C=O) groups excluding carboxylic acids is 1. The molecule has 8 nitrogen and oxygen atoms in total. The SMILES string of the molecule is COc1ccccc1[C@@H](NC(=O)[C@@H](C)n1cccn1)c1noc(C)n1. The molecule has 0 saturated carbocycles. The van der Waals surface area contributed by atoms with E-state index in [1.165, 1.54) is 0 Å². The van der Waals surface area contributed by atoms with Crippen LogP contribution in [0.15, 0.2) is 47.2 Å². The summed E-state index contributed by atoms with van der Waals surface area (Å²) in [5, 5.41) is 11.0. The summed E-state index contributed by atoms with van der Waals surface area (Å²) < 4.78 is 12.1. The number of methoxy groups -OCH3 is 1. The number of nitrogens with zero attached hydrogens (tertiary/aromatic N) is 4. The van der Waals surface area contributed by atoms with Crippen LogP contribution < -0.4 is 10.1 Å². The van der Waals surface area contributed by atoms with Gasteiger partial charge in [-0.05, 0) is 19.1 Å². The quantitative estimate of drug-likeness (QED) is 0.737. The van der Waals surface area contributed by atoms with Crippen LogP contribution in [0.4, 0.5) is 0 Å². The minimum atomic E-state index is -0.598. The summed E-state index contributed by atoms with van der Waals surface area (Å²) in [5.41, 5.74) is 0.742. The van der Waals surface area contributed by atoms with Gasteiger partial charge in [0.25, 0.3) is 0 Å². The van der Waals surface area contributed by atoms with E-state index < -0.39 is 12.1 Å². The molecule has 3 aromatic rings. The standard InChI is InChI=1S/C17H19N5O3/c1-11(22-10-6-9-18-22)17(23)20-15(16-19-12(2)25-21-16)13-7-4-5-8-14(13)24-3/h4-11,15H,1-3H3,(H,20,23)/t11-,15-/m1/s1. The molecule has 0 aliphatic heterocycles. The van der Waals surface area contributed by atoms with E-state index in [-0.39, 0.29) is 5.91 Å². The van der Waals surface area contributed by atoms with Gasteiger partial charge in [0.1, 0.15) is 17.8 Å². The van der Waals surface area contributed by atoms with Gasteiger partial charge in [0, 0.05) is 24.9 Å². The van der Waals surface area contributed by atoms with E-state index in [9.17, 15) is 4.79 Å². The molecule has 2 atom stereocenters. The molecule has 0 fully saturated rings. The van der Waals surface area contributed by atoms with Gasteiger partial charge >= 0.3 is 0 Å². The normalized spacial score (nSPS) is 13.2. The number of hydrogen-bond acceptors (Lipinski definition) is 6. The van der Waals surface area contributed by atoms with E-state index in [2.05, 4.69) is 20.6 Å². The second-order valence-corrected chi connectivity index (χ2v) is 5.52. The lowest BCUT2D eigenvalue weighted by Gasteiger charge is -2.21. The molecule has 0 unspecified atom stereocenters. The molecule has 25 heavy (non-hydrogen) atoms. The first kappa shape index (κ1) is 16.7. The van der Waals surface area contributed by atoms with E-state index in [0.717, 1.165) is 5.56 Å². The fourth-order valence-electron chi connectivity index (χ4n) is 2.51. The van der Waals surface area contributed by atoms with Crippen LogP contribution in [-0.2, 0) is 4.79 Å². The maximum atomic E-state index is 12.7. The molecule has 2 heterocycles. The number of rotatable bonds is 6. The summed E-state index contributed by atoms with van der Waals surface area (Å²) in [7, 11) is 1.57. The molecule has 130 valence electrons. The Morgan fingerprint density at radius 3 is 2.76 bits per heavy atom. The van der Waals surface area contributed by atoms with E-state index in [0.29, 0.717) is 17.5 Å². The van der Waals surface area contributed by atoms with E-state index in [4.69, 9.17) is 9.26 Å². The predicted octanol–water partition coefficient (Wildman–Crippen LogP) is 2.05. The number of carbonyl (C=O) groups is 1. The van der Waals surface area contributed by atoms with Crippen molar-refractivity contribution in [1.82, 2.24) is 25.2 Å². The Labute approximate surface area is 144 Å². The smallest absolute Gasteiger partial charge is 0.245 e. The highest BCUT2D eigenvalue weighted by Crippen LogP contribution is 2.29. The lowest BCUT2D eigenvalue weighted by Crippen LogP contribution is -2.35. The molecule has 1 amide bonds. The molecule has 0 aliphatic carbocycles. The van der Waals surface area contributed by atoms with Crippen LogP contribution in [0.5, 0.6) is 5.75 Å². The summed E-state index contributed by atoms with van der Waals surface area (Å²) in [6.07, 6.45) is 3.37. The molecule has 0 bridgehead atoms. The van der Waals surface area contributed by atoms with Crippen molar-refractivity contribution in [2.75, 3.05) is 7.11 Å². The Morgan fingerprint density at radius 2 is 2.12 bits per heavy atom. The minimum Gasteiger partial charge on any atom is -0.496 e. The van der Waals surface area contributed by atoms with Crippen LogP contribution in [0.3, 0.4) is 0 Å². The number of para-hydroxylation sites is 1. The molecule has 0 spiro atoms. The summed E-state index contributed by atoms with van der Waals surface area (Å²) in [5.74, 6) is 1.19. The molecule has 0 aliphatic rings. The van der Waals surface area contributed by atoms with Crippen molar-refractivity contribution < 1.29 is 14.1 Å². The fraction of sp³-hybridized carbons (Fsp3) is 0.294. The zero-order chi connectivity index (χ0) is 17.8. The van der Waals surface area contributed by atoms with Crippen LogP contribution in [0.1, 0.15) is 36.3 Å².